The molecule has 1 aliphatic rings. The molecule has 2 unspecified atom stereocenters. The van der Waals surface area contributed by atoms with Crippen LogP contribution in [0.2, 0.25) is 0 Å². The number of methoxy groups -OCH3 is 1. The van der Waals surface area contributed by atoms with E-state index in [4.69, 9.17) is 10.5 Å². The summed E-state index contributed by atoms with van der Waals surface area (Å²) >= 11 is 0. The largest absolute Gasteiger partial charge is 0.380 e. The summed E-state index contributed by atoms with van der Waals surface area (Å²) in [7, 11) is 1.82. The van der Waals surface area contributed by atoms with E-state index < -0.39 is 0 Å². The first-order valence-electron chi connectivity index (χ1n) is 7.26. The fourth-order valence-corrected chi connectivity index (χ4v) is 2.65. The summed E-state index contributed by atoms with van der Waals surface area (Å²) in [6.45, 7) is 5.84. The fraction of sp³-hybridized carbons (Fsp3) is 0.529. The average molecular weight is 272 g/mol. The Hall–Kier alpha value is -1.34. The third-order valence-corrected chi connectivity index (χ3v) is 3.97. The summed E-state index contributed by atoms with van der Waals surface area (Å²) in [6, 6.07) is 8.44. The molecular weight excluding hydrogens is 248 g/mol. The van der Waals surface area contributed by atoms with E-state index in [0.717, 1.165) is 25.2 Å². The molecule has 108 valence electrons. The minimum absolute atomic E-state index is 0.360. The maximum Gasteiger partial charge on any atom is 0.0724 e. The Kier molecular flexibility index (Phi) is 5.60. The second-order valence-electron chi connectivity index (χ2n) is 5.48. The molecule has 1 saturated heterocycles. The van der Waals surface area contributed by atoms with Gasteiger partial charge in [0.15, 0.2) is 0 Å². The molecule has 0 spiro atoms. The molecular formula is C17H24N2O. The molecule has 0 amide bonds. The number of rotatable bonds is 3. The SMILES string of the molecule is COC1CN(Cc2ccc(C#CCN)cc2)CCC1C. The molecule has 2 atom stereocenters. The van der Waals surface area contributed by atoms with Crippen LogP contribution < -0.4 is 5.73 Å². The molecule has 0 aliphatic carbocycles. The van der Waals surface area contributed by atoms with Gasteiger partial charge in [-0.05, 0) is 36.6 Å². The first-order chi connectivity index (χ1) is 9.72. The number of piperidine rings is 1. The maximum absolute atomic E-state index is 5.56. The molecule has 1 fully saturated rings. The quantitative estimate of drug-likeness (QED) is 0.854. The van der Waals surface area contributed by atoms with Crippen LogP contribution in [0.1, 0.15) is 24.5 Å². The van der Waals surface area contributed by atoms with Crippen LogP contribution in [0, 0.1) is 17.8 Å². The number of nitrogens with zero attached hydrogens (tertiary/aromatic N) is 1. The molecule has 0 saturated carbocycles. The first kappa shape index (κ1) is 15.1. The Bertz CT molecular complexity index is 472. The van der Waals surface area contributed by atoms with Gasteiger partial charge in [0.1, 0.15) is 0 Å². The van der Waals surface area contributed by atoms with Crippen LogP contribution in [0.4, 0.5) is 0 Å². The predicted octanol–water partition coefficient (Wildman–Crippen LogP) is 1.85. The third kappa shape index (κ3) is 4.08. The number of hydrogen-bond acceptors (Lipinski definition) is 3. The molecule has 2 N–H and O–H groups in total. The van der Waals surface area contributed by atoms with E-state index in [1.54, 1.807) is 0 Å². The van der Waals surface area contributed by atoms with Gasteiger partial charge in [0, 0.05) is 25.8 Å². The molecule has 3 nitrogen and oxygen atoms in total. The molecule has 20 heavy (non-hydrogen) atoms. The molecule has 0 radical (unpaired) electrons. The number of benzene rings is 1. The molecule has 1 aromatic carbocycles. The van der Waals surface area contributed by atoms with Gasteiger partial charge in [-0.3, -0.25) is 4.90 Å². The molecule has 2 rings (SSSR count). The van der Waals surface area contributed by atoms with E-state index in [-0.39, 0.29) is 0 Å². The summed E-state index contributed by atoms with van der Waals surface area (Å²) in [5.41, 5.74) is 7.73. The van der Waals surface area contributed by atoms with Crippen molar-refractivity contribution in [2.24, 2.45) is 11.7 Å². The molecule has 3 heteroatoms. The summed E-state index contributed by atoms with van der Waals surface area (Å²) in [6.07, 6.45) is 1.57. The fourth-order valence-electron chi connectivity index (χ4n) is 2.65. The van der Waals surface area contributed by atoms with Crippen molar-refractivity contribution in [1.29, 1.82) is 0 Å². The highest BCUT2D eigenvalue weighted by Crippen LogP contribution is 2.21. The van der Waals surface area contributed by atoms with E-state index >= 15 is 0 Å². The van der Waals surface area contributed by atoms with Crippen LogP contribution in [0.15, 0.2) is 24.3 Å². The number of ether oxygens (including phenoxy) is 1. The smallest absolute Gasteiger partial charge is 0.0724 e. The lowest BCUT2D eigenvalue weighted by molar-refractivity contribution is -0.00744. The molecule has 1 aromatic rings. The van der Waals surface area contributed by atoms with Crippen molar-refractivity contribution < 1.29 is 4.74 Å². The van der Waals surface area contributed by atoms with Crippen molar-refractivity contribution >= 4 is 0 Å². The van der Waals surface area contributed by atoms with Gasteiger partial charge < -0.3 is 10.5 Å². The van der Waals surface area contributed by atoms with Crippen LogP contribution in [0.5, 0.6) is 0 Å². The highest BCUT2D eigenvalue weighted by molar-refractivity contribution is 5.36. The van der Waals surface area contributed by atoms with Crippen molar-refractivity contribution in [3.63, 3.8) is 0 Å². The minimum Gasteiger partial charge on any atom is -0.380 e. The Balaban J connectivity index is 1.93. The van der Waals surface area contributed by atoms with Crippen molar-refractivity contribution in [2.45, 2.75) is 26.0 Å². The van der Waals surface area contributed by atoms with E-state index in [1.807, 2.05) is 7.11 Å². The number of nitrogens with two attached hydrogens (primary N) is 1. The molecule has 1 heterocycles. The summed E-state index contributed by atoms with van der Waals surface area (Å²) in [5, 5.41) is 0. The van der Waals surface area contributed by atoms with Gasteiger partial charge in [-0.15, -0.1) is 0 Å². The van der Waals surface area contributed by atoms with Gasteiger partial charge in [0.05, 0.1) is 12.6 Å². The van der Waals surface area contributed by atoms with E-state index in [2.05, 4.69) is 47.9 Å². The summed E-state index contributed by atoms with van der Waals surface area (Å²) < 4.78 is 5.56. The lowest BCUT2D eigenvalue weighted by atomic mass is 9.95. The van der Waals surface area contributed by atoms with E-state index in [9.17, 15) is 0 Å². The van der Waals surface area contributed by atoms with Crippen LogP contribution in [-0.2, 0) is 11.3 Å². The zero-order valence-electron chi connectivity index (χ0n) is 12.4. The van der Waals surface area contributed by atoms with Crippen LogP contribution in [-0.4, -0.2) is 37.7 Å². The standard InChI is InChI=1S/C17H24N2O/c1-14-9-11-19(13-17(14)20-2)12-16-7-5-15(6-8-16)4-3-10-18/h5-8,14,17H,9-13,18H2,1-2H3. The normalized spacial score (nSPS) is 23.1. The first-order valence-corrected chi connectivity index (χ1v) is 7.26. The third-order valence-electron chi connectivity index (χ3n) is 3.97. The van der Waals surface area contributed by atoms with Crippen molar-refractivity contribution in [3.05, 3.63) is 35.4 Å². The van der Waals surface area contributed by atoms with Gasteiger partial charge in [0.2, 0.25) is 0 Å². The lowest BCUT2D eigenvalue weighted by Crippen LogP contribution is -2.43. The summed E-state index contributed by atoms with van der Waals surface area (Å²) in [5.74, 6) is 6.58. The Morgan fingerprint density at radius 1 is 1.35 bits per heavy atom. The Labute approximate surface area is 122 Å². The van der Waals surface area contributed by atoms with Gasteiger partial charge in [-0.2, -0.15) is 0 Å². The highest BCUT2D eigenvalue weighted by Gasteiger charge is 2.25. The average Bonchev–Trinajstić information content (AvgIpc) is 2.48. The summed E-state index contributed by atoms with van der Waals surface area (Å²) in [4.78, 5) is 2.47. The number of hydrogen-bond donors (Lipinski definition) is 1. The monoisotopic (exact) mass is 272 g/mol. The second-order valence-corrected chi connectivity index (χ2v) is 5.48. The minimum atomic E-state index is 0.360. The molecule has 0 bridgehead atoms. The van der Waals surface area contributed by atoms with Crippen LogP contribution in [0.3, 0.4) is 0 Å². The number of likely N-dealkylation sites (tertiary alicyclic amines) is 1. The Morgan fingerprint density at radius 2 is 2.10 bits per heavy atom. The van der Waals surface area contributed by atoms with Crippen LogP contribution >= 0.6 is 0 Å². The molecule has 0 aromatic heterocycles. The zero-order valence-corrected chi connectivity index (χ0v) is 12.4. The van der Waals surface area contributed by atoms with Crippen molar-refractivity contribution in [3.8, 4) is 11.8 Å². The van der Waals surface area contributed by atoms with Gasteiger partial charge >= 0.3 is 0 Å². The Morgan fingerprint density at radius 3 is 2.75 bits per heavy atom. The van der Waals surface area contributed by atoms with Crippen molar-refractivity contribution in [2.75, 3.05) is 26.7 Å². The lowest BCUT2D eigenvalue weighted by Gasteiger charge is -2.36. The highest BCUT2D eigenvalue weighted by atomic mass is 16.5. The second kappa shape index (κ2) is 7.44. The maximum atomic E-state index is 5.56. The van der Waals surface area contributed by atoms with Crippen molar-refractivity contribution in [1.82, 2.24) is 4.90 Å². The predicted molar refractivity (Wildman–Crippen MR) is 82.2 cm³/mol. The van der Waals surface area contributed by atoms with E-state index in [1.165, 1.54) is 12.0 Å². The van der Waals surface area contributed by atoms with Gasteiger partial charge in [0.25, 0.3) is 0 Å². The van der Waals surface area contributed by atoms with Gasteiger partial charge in [-0.1, -0.05) is 30.9 Å². The zero-order chi connectivity index (χ0) is 14.4. The topological polar surface area (TPSA) is 38.5 Å². The van der Waals surface area contributed by atoms with Crippen LogP contribution in [0.25, 0.3) is 0 Å². The van der Waals surface area contributed by atoms with E-state index in [0.29, 0.717) is 18.6 Å². The molecule has 1 aliphatic heterocycles. The van der Waals surface area contributed by atoms with Gasteiger partial charge in [-0.25, -0.2) is 0 Å².